The van der Waals surface area contributed by atoms with E-state index in [1.54, 1.807) is 40.5 Å². The van der Waals surface area contributed by atoms with Crippen LogP contribution < -0.4 is 15.0 Å². The number of hydrogen-bond donors (Lipinski definition) is 2. The Hall–Kier alpha value is -2.32. The molecular formula is C22H25F2N4OS+. The van der Waals surface area contributed by atoms with Gasteiger partial charge in [0.2, 0.25) is 0 Å². The van der Waals surface area contributed by atoms with Gasteiger partial charge in [0.05, 0.1) is 18.5 Å². The highest BCUT2D eigenvalue weighted by Crippen LogP contribution is 2.40. The zero-order chi connectivity index (χ0) is 20.5. The third-order valence-electron chi connectivity index (χ3n) is 5.92. The first-order chi connectivity index (χ1) is 14.7. The number of nitrogens with zero attached hydrogens (tertiary/aromatic N) is 2. The van der Waals surface area contributed by atoms with E-state index in [4.69, 9.17) is 9.97 Å². The van der Waals surface area contributed by atoms with E-state index in [-0.39, 0.29) is 5.75 Å². The molecule has 0 bridgehead atoms. The number of piperidine rings is 1. The molecule has 158 valence electrons. The molecule has 1 aromatic carbocycles. The van der Waals surface area contributed by atoms with Gasteiger partial charge in [0.1, 0.15) is 22.9 Å². The second kappa shape index (κ2) is 8.43. The molecule has 3 aromatic rings. The number of ether oxygens (including phenoxy) is 1. The van der Waals surface area contributed by atoms with Gasteiger partial charge in [-0.3, -0.25) is 0 Å². The molecule has 2 N–H and O–H groups in total. The van der Waals surface area contributed by atoms with Crippen molar-refractivity contribution in [3.63, 3.8) is 0 Å². The lowest BCUT2D eigenvalue weighted by Crippen LogP contribution is -3.11. The largest absolute Gasteiger partial charge is 0.435 e. The van der Waals surface area contributed by atoms with E-state index in [2.05, 4.69) is 10.1 Å². The Balaban J connectivity index is 1.47. The van der Waals surface area contributed by atoms with Crippen LogP contribution >= 0.6 is 11.3 Å². The van der Waals surface area contributed by atoms with Crippen LogP contribution in [0.4, 0.5) is 20.3 Å². The Labute approximate surface area is 178 Å². The van der Waals surface area contributed by atoms with Gasteiger partial charge in [0, 0.05) is 10.6 Å². The predicted molar refractivity (Wildman–Crippen MR) is 114 cm³/mol. The van der Waals surface area contributed by atoms with Gasteiger partial charge in [0.25, 0.3) is 0 Å². The number of benzene rings is 1. The highest BCUT2D eigenvalue weighted by atomic mass is 32.1. The fraction of sp³-hybridized carbons (Fsp3) is 0.455. The molecule has 0 unspecified atom stereocenters. The molecule has 5 rings (SSSR count). The fourth-order valence-corrected chi connectivity index (χ4v) is 5.80. The molecule has 1 aliphatic carbocycles. The molecule has 2 aliphatic rings. The second-order valence-corrected chi connectivity index (χ2v) is 9.12. The van der Waals surface area contributed by atoms with Crippen molar-refractivity contribution in [1.29, 1.82) is 0 Å². The molecule has 0 saturated carbocycles. The van der Waals surface area contributed by atoms with Gasteiger partial charge in [-0.25, -0.2) is 9.97 Å². The van der Waals surface area contributed by atoms with Crippen LogP contribution in [-0.4, -0.2) is 29.7 Å². The van der Waals surface area contributed by atoms with Crippen molar-refractivity contribution in [2.45, 2.75) is 51.7 Å². The first-order valence-electron chi connectivity index (χ1n) is 10.6. The third kappa shape index (κ3) is 4.11. The van der Waals surface area contributed by atoms with Crippen LogP contribution in [0, 0.1) is 0 Å². The number of quaternary nitrogens is 1. The summed E-state index contributed by atoms with van der Waals surface area (Å²) in [5.74, 6) is 1.85. The number of aromatic nitrogens is 2. The summed E-state index contributed by atoms with van der Waals surface area (Å²) in [6.45, 7) is 0.375. The first kappa shape index (κ1) is 19.6. The molecule has 2 aromatic heterocycles. The number of anilines is 2. The minimum atomic E-state index is -2.82. The third-order valence-corrected chi connectivity index (χ3v) is 7.11. The van der Waals surface area contributed by atoms with Gasteiger partial charge in [-0.2, -0.15) is 8.78 Å². The van der Waals surface area contributed by atoms with Crippen molar-refractivity contribution in [1.82, 2.24) is 9.97 Å². The lowest BCUT2D eigenvalue weighted by Gasteiger charge is -2.23. The summed E-state index contributed by atoms with van der Waals surface area (Å²) in [6, 6.07) is 6.58. The standard InChI is InChI=1S/C22H24F2N4OS/c23-22(24)29-15-9-7-14(8-10-15)25-20-19-16-5-4-6-17(16)30-21(19)27-18(26-20)13-28-11-2-1-3-12-28/h7-10,22H,1-6,11-13H2,(H,25,26,27)/p+1. The van der Waals surface area contributed by atoms with Crippen LogP contribution in [0.1, 0.15) is 41.9 Å². The first-order valence-corrected chi connectivity index (χ1v) is 11.4. The average molecular weight is 432 g/mol. The van der Waals surface area contributed by atoms with E-state index in [9.17, 15) is 8.78 Å². The number of likely N-dealkylation sites (tertiary alicyclic amines) is 1. The van der Waals surface area contributed by atoms with Crippen molar-refractivity contribution >= 4 is 33.1 Å². The van der Waals surface area contributed by atoms with Crippen LogP contribution in [0.3, 0.4) is 0 Å². The summed E-state index contributed by atoms with van der Waals surface area (Å²) >= 11 is 1.79. The average Bonchev–Trinajstić information content (AvgIpc) is 3.31. The van der Waals surface area contributed by atoms with Gasteiger partial charge >= 0.3 is 6.61 Å². The van der Waals surface area contributed by atoms with Crippen molar-refractivity contribution in [3.05, 3.63) is 40.5 Å². The summed E-state index contributed by atoms with van der Waals surface area (Å²) in [4.78, 5) is 13.9. The van der Waals surface area contributed by atoms with Crippen LogP contribution in [0.25, 0.3) is 10.2 Å². The van der Waals surface area contributed by atoms with Crippen LogP contribution in [0.15, 0.2) is 24.3 Å². The van der Waals surface area contributed by atoms with E-state index in [1.807, 2.05) is 0 Å². The molecule has 3 heterocycles. The minimum Gasteiger partial charge on any atom is -0.435 e. The van der Waals surface area contributed by atoms with Crippen molar-refractivity contribution in [2.75, 3.05) is 18.4 Å². The lowest BCUT2D eigenvalue weighted by atomic mass is 10.1. The minimum absolute atomic E-state index is 0.147. The van der Waals surface area contributed by atoms with E-state index >= 15 is 0 Å². The number of hydrogen-bond acceptors (Lipinski definition) is 5. The van der Waals surface area contributed by atoms with E-state index < -0.39 is 6.61 Å². The molecule has 0 atom stereocenters. The normalized spacial score (nSPS) is 16.9. The summed E-state index contributed by atoms with van der Waals surface area (Å²) < 4.78 is 29.3. The number of alkyl halides is 2. The zero-order valence-corrected chi connectivity index (χ0v) is 17.5. The molecule has 0 spiro atoms. The van der Waals surface area contributed by atoms with Crippen molar-refractivity contribution in [2.24, 2.45) is 0 Å². The van der Waals surface area contributed by atoms with Crippen molar-refractivity contribution in [3.8, 4) is 5.75 Å². The molecule has 1 aliphatic heterocycles. The zero-order valence-electron chi connectivity index (χ0n) is 16.7. The van der Waals surface area contributed by atoms with E-state index in [1.165, 1.54) is 49.2 Å². The lowest BCUT2D eigenvalue weighted by molar-refractivity contribution is -0.919. The Morgan fingerprint density at radius 3 is 2.60 bits per heavy atom. The smallest absolute Gasteiger partial charge is 0.387 e. The van der Waals surface area contributed by atoms with Gasteiger partial charge in [-0.15, -0.1) is 11.3 Å². The van der Waals surface area contributed by atoms with Gasteiger partial charge in [0.15, 0.2) is 5.82 Å². The SMILES string of the molecule is FC(F)Oc1ccc(Nc2nc(C[NH+]3CCCCC3)nc3sc4c(c23)CCC4)cc1. The number of thiophene rings is 1. The molecule has 0 radical (unpaired) electrons. The van der Waals surface area contributed by atoms with Crippen LogP contribution in [0.2, 0.25) is 0 Å². The topological polar surface area (TPSA) is 51.5 Å². The monoisotopic (exact) mass is 431 g/mol. The van der Waals surface area contributed by atoms with Crippen LogP contribution in [-0.2, 0) is 19.4 Å². The maximum Gasteiger partial charge on any atom is 0.387 e. The van der Waals surface area contributed by atoms with Gasteiger partial charge < -0.3 is 15.0 Å². The summed E-state index contributed by atoms with van der Waals surface area (Å²) in [6.07, 6.45) is 7.20. The fourth-order valence-electron chi connectivity index (χ4n) is 4.52. The molecule has 1 saturated heterocycles. The summed E-state index contributed by atoms with van der Waals surface area (Å²) in [5.41, 5.74) is 2.16. The molecule has 1 fully saturated rings. The molecule has 8 heteroatoms. The van der Waals surface area contributed by atoms with Gasteiger partial charge in [-0.05, 0) is 68.4 Å². The predicted octanol–water partition coefficient (Wildman–Crippen LogP) is 4.09. The molecule has 5 nitrogen and oxygen atoms in total. The Kier molecular flexibility index (Phi) is 5.52. The number of nitrogens with one attached hydrogen (secondary N) is 2. The van der Waals surface area contributed by atoms with Crippen molar-refractivity contribution < 1.29 is 18.4 Å². The molecule has 0 amide bonds. The quantitative estimate of drug-likeness (QED) is 0.617. The van der Waals surface area contributed by atoms with E-state index in [0.717, 1.165) is 46.9 Å². The highest BCUT2D eigenvalue weighted by molar-refractivity contribution is 7.19. The maximum absolute atomic E-state index is 12.4. The summed E-state index contributed by atoms with van der Waals surface area (Å²) in [5, 5.41) is 4.55. The highest BCUT2D eigenvalue weighted by Gasteiger charge is 2.24. The summed E-state index contributed by atoms with van der Waals surface area (Å²) in [7, 11) is 0. The number of fused-ring (bicyclic) bond motifs is 3. The Morgan fingerprint density at radius 1 is 1.03 bits per heavy atom. The van der Waals surface area contributed by atoms with Crippen LogP contribution in [0.5, 0.6) is 5.75 Å². The Bertz CT molecular complexity index is 1030. The molecule has 30 heavy (non-hydrogen) atoms. The van der Waals surface area contributed by atoms with Gasteiger partial charge in [-0.1, -0.05) is 0 Å². The number of rotatable bonds is 6. The second-order valence-electron chi connectivity index (χ2n) is 8.04. The Morgan fingerprint density at radius 2 is 1.83 bits per heavy atom. The van der Waals surface area contributed by atoms with E-state index in [0.29, 0.717) is 0 Å². The maximum atomic E-state index is 12.4. The molecular weight excluding hydrogens is 406 g/mol. The number of aryl methyl sites for hydroxylation is 2. The number of halogens is 2.